The molecule has 1 heterocycles. The second-order valence-corrected chi connectivity index (χ2v) is 22.1. The molecule has 1 nitrogen and oxygen atoms in total. The van der Waals surface area contributed by atoms with Crippen molar-refractivity contribution < 1.29 is 19.4 Å². The van der Waals surface area contributed by atoms with Crippen LogP contribution in [0.3, 0.4) is 0 Å². The Kier molecular flexibility index (Phi) is 4.06. The average molecular weight is 335 g/mol. The molecule has 6 heteroatoms. The summed E-state index contributed by atoms with van der Waals surface area (Å²) in [6.45, 7) is 11.8. The molecule has 1 aliphatic heterocycles. The number of quaternary nitrogens is 1. The fourth-order valence-corrected chi connectivity index (χ4v) is 14.8. The molecule has 80 valence electrons. The first kappa shape index (κ1) is 13.7. The van der Waals surface area contributed by atoms with Gasteiger partial charge in [-0.2, -0.15) is 0 Å². The molecule has 0 aromatic heterocycles. The number of nitrogens with zero attached hydrogens (tertiary/aromatic N) is 1. The van der Waals surface area contributed by atoms with Crippen LogP contribution in [0.5, 0.6) is 0 Å². The Morgan fingerprint density at radius 1 is 1.29 bits per heavy atom. The van der Waals surface area contributed by atoms with E-state index in [9.17, 15) is 0 Å². The van der Waals surface area contributed by atoms with Gasteiger partial charge in [-0.05, 0) is 0 Å². The summed E-state index contributed by atoms with van der Waals surface area (Å²) in [5, 5.41) is 0. The van der Waals surface area contributed by atoms with Crippen LogP contribution < -0.4 is 0 Å². The second kappa shape index (κ2) is 4.15. The summed E-state index contributed by atoms with van der Waals surface area (Å²) >= 11 is -3.56. The van der Waals surface area contributed by atoms with Crippen LogP contribution in [0.1, 0.15) is 27.7 Å². The van der Waals surface area contributed by atoms with E-state index in [1.54, 1.807) is 0 Å². The summed E-state index contributed by atoms with van der Waals surface area (Å²) < 4.78 is 0.645. The summed E-state index contributed by atoms with van der Waals surface area (Å²) in [4.78, 5) is 0. The quantitative estimate of drug-likeness (QED) is 0.645. The summed E-state index contributed by atoms with van der Waals surface area (Å²) in [5.41, 5.74) is 1.24. The van der Waals surface area contributed by atoms with Gasteiger partial charge in [-0.25, -0.2) is 0 Å². The van der Waals surface area contributed by atoms with E-state index in [2.05, 4.69) is 34.6 Å². The fourth-order valence-electron chi connectivity index (χ4n) is 2.37. The van der Waals surface area contributed by atoms with Gasteiger partial charge >= 0.3 is 104 Å². The van der Waals surface area contributed by atoms with Crippen molar-refractivity contribution in [3.63, 3.8) is 0 Å². The summed E-state index contributed by atoms with van der Waals surface area (Å²) in [7, 11) is 19.0. The summed E-state index contributed by atoms with van der Waals surface area (Å²) in [6.07, 6.45) is 1.04. The van der Waals surface area contributed by atoms with Crippen molar-refractivity contribution in [2.45, 2.75) is 39.6 Å². The number of halogens is 3. The van der Waals surface area contributed by atoms with E-state index in [1.807, 2.05) is 0 Å². The number of hydrogen-bond donors (Lipinski definition) is 0. The van der Waals surface area contributed by atoms with Gasteiger partial charge in [0, 0.05) is 0 Å². The molecule has 0 radical (unpaired) electrons. The molecule has 0 bridgehead atoms. The zero-order valence-corrected chi connectivity index (χ0v) is 13.8. The van der Waals surface area contributed by atoms with Crippen LogP contribution in [0.15, 0.2) is 0 Å². The molecule has 0 saturated heterocycles. The Hall–Kier alpha value is 1.65. The molecule has 0 spiro atoms. The summed E-state index contributed by atoms with van der Waals surface area (Å²) in [5.74, 6) is 0. The molecule has 0 amide bonds. The first-order valence-electron chi connectivity index (χ1n) is 4.75. The maximum atomic E-state index is 6.35. The molecule has 0 aromatic rings. The van der Waals surface area contributed by atoms with Crippen molar-refractivity contribution in [1.82, 2.24) is 0 Å². The van der Waals surface area contributed by atoms with E-state index in [-0.39, 0.29) is 5.54 Å². The van der Waals surface area contributed by atoms with Crippen molar-refractivity contribution in [3.05, 3.63) is 0 Å². The third-order valence-electron chi connectivity index (χ3n) is 3.08. The zero-order chi connectivity index (χ0) is 11.2. The number of rotatable bonds is 1. The van der Waals surface area contributed by atoms with Gasteiger partial charge in [0.25, 0.3) is 0 Å². The van der Waals surface area contributed by atoms with E-state index >= 15 is 0 Å². The molecule has 0 saturated carbocycles. The van der Waals surface area contributed by atoms with Crippen LogP contribution in [0.2, 0.25) is 6.32 Å². The van der Waals surface area contributed by atoms with Gasteiger partial charge in [0.15, 0.2) is 0 Å². The Balaban J connectivity index is 3.25. The van der Waals surface area contributed by atoms with Gasteiger partial charge in [-0.15, -0.1) is 0 Å². The zero-order valence-electron chi connectivity index (χ0n) is 9.07. The van der Waals surface area contributed by atoms with Crippen molar-refractivity contribution in [3.8, 4) is 0 Å². The van der Waals surface area contributed by atoms with Crippen molar-refractivity contribution in [1.29, 1.82) is 0 Å². The Morgan fingerprint density at radius 3 is 1.93 bits per heavy atom. The molecule has 1 aliphatic rings. The number of hydrogen-bond acceptors (Lipinski definition) is 0. The van der Waals surface area contributed by atoms with Crippen molar-refractivity contribution >= 4 is 38.0 Å². The molecule has 0 aromatic carbocycles. The topological polar surface area (TPSA) is 0 Å². The summed E-state index contributed by atoms with van der Waals surface area (Å²) in [6, 6.07) is 0. The molecular formula is C8H16BCl3NZr+. The third kappa shape index (κ3) is 2.05. The Morgan fingerprint density at radius 2 is 1.79 bits per heavy atom. The van der Waals surface area contributed by atoms with Crippen molar-refractivity contribution in [2.24, 2.45) is 0 Å². The first-order chi connectivity index (χ1) is 6.13. The van der Waals surface area contributed by atoms with Gasteiger partial charge in [0.05, 0.1) is 0 Å². The van der Waals surface area contributed by atoms with Crippen LogP contribution in [0.25, 0.3) is 0 Å². The van der Waals surface area contributed by atoms with Crippen LogP contribution in [-0.4, -0.2) is 27.0 Å². The predicted molar refractivity (Wildman–Crippen MR) is 63.7 cm³/mol. The minimum absolute atomic E-state index is 0.00157. The van der Waals surface area contributed by atoms with E-state index in [0.29, 0.717) is 2.43 Å². The van der Waals surface area contributed by atoms with Gasteiger partial charge < -0.3 is 0 Å². The SMILES string of the molecule is CC1=BCC[N+]1(C(C)(C)C)[Zr]([Cl])([Cl])[Cl]. The van der Waals surface area contributed by atoms with Crippen LogP contribution in [0, 0.1) is 0 Å². The monoisotopic (exact) mass is 332 g/mol. The van der Waals surface area contributed by atoms with E-state index in [0.717, 1.165) is 12.9 Å². The van der Waals surface area contributed by atoms with Crippen molar-refractivity contribution in [2.75, 3.05) is 6.54 Å². The average Bonchev–Trinajstić information content (AvgIpc) is 2.27. The molecule has 0 aliphatic carbocycles. The Bertz CT molecular complexity index is 253. The van der Waals surface area contributed by atoms with Gasteiger partial charge in [0.1, 0.15) is 0 Å². The normalized spacial score (nSPS) is 28.6. The molecule has 1 atom stereocenters. The Labute approximate surface area is 103 Å². The van der Waals surface area contributed by atoms with E-state index < -0.39 is 17.0 Å². The molecular weight excluding hydrogens is 318 g/mol. The third-order valence-corrected chi connectivity index (χ3v) is 13.4. The maximum absolute atomic E-state index is 6.35. The van der Waals surface area contributed by atoms with E-state index in [4.69, 9.17) is 25.5 Å². The fraction of sp³-hybridized carbons (Fsp3) is 0.875. The molecule has 1 rings (SSSR count). The molecule has 0 fully saturated rings. The molecule has 1 unspecified atom stereocenters. The van der Waals surface area contributed by atoms with Gasteiger partial charge in [-0.3, -0.25) is 0 Å². The van der Waals surface area contributed by atoms with Crippen LogP contribution in [0.4, 0.5) is 0 Å². The van der Waals surface area contributed by atoms with Crippen LogP contribution >= 0.6 is 25.5 Å². The standard InChI is InChI=1S/C8H16BN.3ClH.Zr/c1-7-9-5-6-10(7)8(2,3)4;;;;/h5-6H2,1-4H3;3*1H;/q;;;;+4/p-3. The second-order valence-electron chi connectivity index (χ2n) is 4.81. The molecule has 14 heavy (non-hydrogen) atoms. The van der Waals surface area contributed by atoms with Crippen LogP contribution in [-0.2, 0) is 17.0 Å². The predicted octanol–water partition coefficient (Wildman–Crippen LogP) is 3.42. The molecule has 0 N–H and O–H groups in total. The minimum atomic E-state index is -3.56. The van der Waals surface area contributed by atoms with E-state index in [1.165, 1.54) is 5.59 Å². The van der Waals surface area contributed by atoms with Gasteiger partial charge in [-0.1, -0.05) is 0 Å². The van der Waals surface area contributed by atoms with Gasteiger partial charge in [0.2, 0.25) is 0 Å². The first-order valence-corrected chi connectivity index (χ1v) is 15.3.